The molecule has 1 saturated heterocycles. The van der Waals surface area contributed by atoms with Crippen molar-refractivity contribution in [2.24, 2.45) is 10.6 Å². The lowest BCUT2D eigenvalue weighted by atomic mass is 9.85. The van der Waals surface area contributed by atoms with E-state index in [0.29, 0.717) is 22.8 Å². The number of Topliss-reactive ketones (excluding diaryl/α,β-unsaturated/α-hetero) is 1. The Kier molecular flexibility index (Phi) is 11.1. The van der Waals surface area contributed by atoms with Crippen LogP contribution in [0.4, 0.5) is 4.79 Å². The number of carbonyl (C=O) groups excluding carboxylic acids is 5. The number of amides is 4. The van der Waals surface area contributed by atoms with Crippen molar-refractivity contribution >= 4 is 46.9 Å². The van der Waals surface area contributed by atoms with Gasteiger partial charge in [-0.2, -0.15) is 0 Å². The smallest absolute Gasteiger partial charge is 0.408 e. The van der Waals surface area contributed by atoms with E-state index >= 15 is 0 Å². The number of pyridine rings is 1. The SMILES string of the molecule is CCC[C@H](NC(=O)[C@@H]1C[C@]2(CC(c3cccc(Cl)c3)=NO2)CN1C(=O)[C@@H](NC(=O)OCc1cccnc1C)C(C)(C)C)C(=O)C(=O)NC1CC1. The molecule has 13 nitrogen and oxygen atoms in total. The normalized spacial score (nSPS) is 21.1. The van der Waals surface area contributed by atoms with E-state index in [9.17, 15) is 24.0 Å². The van der Waals surface area contributed by atoms with Gasteiger partial charge in [-0.3, -0.25) is 24.2 Å². The lowest BCUT2D eigenvalue weighted by Gasteiger charge is -2.35. The maximum absolute atomic E-state index is 14.5. The number of nitrogens with one attached hydrogen (secondary N) is 3. The van der Waals surface area contributed by atoms with Gasteiger partial charge >= 0.3 is 6.09 Å². The Morgan fingerprint density at radius 3 is 2.54 bits per heavy atom. The summed E-state index contributed by atoms with van der Waals surface area (Å²) in [5.41, 5.74) is 0.908. The molecule has 2 fully saturated rings. The number of halogens is 1. The summed E-state index contributed by atoms with van der Waals surface area (Å²) in [6.07, 6.45) is 3.55. The van der Waals surface area contributed by atoms with Crippen molar-refractivity contribution in [1.82, 2.24) is 25.8 Å². The van der Waals surface area contributed by atoms with Gasteiger partial charge in [0.05, 0.1) is 18.3 Å². The summed E-state index contributed by atoms with van der Waals surface area (Å²) in [7, 11) is 0. The second-order valence-electron chi connectivity index (χ2n) is 14.4. The molecule has 0 unspecified atom stereocenters. The minimum absolute atomic E-state index is 0.0236. The number of oxime groups is 1. The van der Waals surface area contributed by atoms with Crippen LogP contribution in [0.5, 0.6) is 0 Å². The van der Waals surface area contributed by atoms with Gasteiger partial charge in [0, 0.05) is 46.9 Å². The van der Waals surface area contributed by atoms with E-state index < -0.39 is 58.7 Å². The number of hydrogen-bond donors (Lipinski definition) is 3. The van der Waals surface area contributed by atoms with Crippen molar-refractivity contribution in [3.8, 4) is 0 Å². The average Bonchev–Trinajstić information content (AvgIpc) is 3.66. The van der Waals surface area contributed by atoms with Crippen LogP contribution in [0, 0.1) is 12.3 Å². The first kappa shape index (κ1) is 36.8. The Morgan fingerprint density at radius 2 is 1.88 bits per heavy atom. The van der Waals surface area contributed by atoms with Gasteiger partial charge in [-0.15, -0.1) is 0 Å². The average molecular weight is 709 g/mol. The van der Waals surface area contributed by atoms with Gasteiger partial charge in [0.1, 0.15) is 18.7 Å². The number of rotatable bonds is 12. The maximum atomic E-state index is 14.5. The lowest BCUT2D eigenvalue weighted by molar-refractivity contribution is -0.144. The predicted molar refractivity (Wildman–Crippen MR) is 185 cm³/mol. The van der Waals surface area contributed by atoms with E-state index in [1.807, 2.05) is 13.0 Å². The molecule has 0 bridgehead atoms. The third-order valence-electron chi connectivity index (χ3n) is 9.18. The van der Waals surface area contributed by atoms with Gasteiger partial charge in [-0.05, 0) is 49.8 Å². The number of aryl methyl sites for hydroxylation is 1. The summed E-state index contributed by atoms with van der Waals surface area (Å²) in [6, 6.07) is 7.37. The fourth-order valence-electron chi connectivity index (χ4n) is 6.21. The van der Waals surface area contributed by atoms with Gasteiger partial charge < -0.3 is 30.4 Å². The van der Waals surface area contributed by atoms with Crippen LogP contribution in [0.1, 0.15) is 83.0 Å². The predicted octanol–water partition coefficient (Wildman–Crippen LogP) is 3.98. The number of likely N-dealkylation sites (tertiary alicyclic amines) is 1. The third-order valence-corrected chi connectivity index (χ3v) is 9.41. The molecule has 1 aromatic heterocycles. The summed E-state index contributed by atoms with van der Waals surface area (Å²) < 4.78 is 5.48. The molecule has 0 radical (unpaired) electrons. The molecular weight excluding hydrogens is 664 g/mol. The van der Waals surface area contributed by atoms with Gasteiger partial charge in [0.2, 0.25) is 17.6 Å². The first-order valence-corrected chi connectivity index (χ1v) is 17.4. The van der Waals surface area contributed by atoms with Gasteiger partial charge in [-0.25, -0.2) is 4.79 Å². The van der Waals surface area contributed by atoms with E-state index in [1.54, 1.807) is 64.2 Å². The molecule has 1 spiro atoms. The van der Waals surface area contributed by atoms with Crippen LogP contribution in [-0.2, 0) is 35.4 Å². The fraction of sp³-hybridized carbons (Fsp3) is 0.528. The van der Waals surface area contributed by atoms with Crippen LogP contribution in [0.2, 0.25) is 5.02 Å². The van der Waals surface area contributed by atoms with E-state index in [0.717, 1.165) is 24.0 Å². The third kappa shape index (κ3) is 8.79. The molecular formula is C36H45ClN6O7. The zero-order chi connectivity index (χ0) is 36.2. The lowest BCUT2D eigenvalue weighted by Crippen LogP contribution is -2.59. The Balaban J connectivity index is 1.38. The topological polar surface area (TPSA) is 168 Å². The van der Waals surface area contributed by atoms with Crippen LogP contribution < -0.4 is 16.0 Å². The number of benzene rings is 1. The molecule has 5 rings (SSSR count). The number of aromatic nitrogens is 1. The van der Waals surface area contributed by atoms with Crippen molar-refractivity contribution in [2.75, 3.05) is 6.54 Å². The van der Waals surface area contributed by atoms with Crippen molar-refractivity contribution in [3.63, 3.8) is 0 Å². The number of hydrogen-bond acceptors (Lipinski definition) is 9. The fourth-order valence-corrected chi connectivity index (χ4v) is 6.40. The first-order chi connectivity index (χ1) is 23.7. The summed E-state index contributed by atoms with van der Waals surface area (Å²) in [6.45, 7) is 8.96. The minimum Gasteiger partial charge on any atom is -0.445 e. The Morgan fingerprint density at radius 1 is 1.12 bits per heavy atom. The van der Waals surface area contributed by atoms with Crippen LogP contribution in [0.25, 0.3) is 0 Å². The maximum Gasteiger partial charge on any atom is 0.408 e. The number of carbonyl (C=O) groups is 5. The van der Waals surface area contributed by atoms with E-state index in [4.69, 9.17) is 21.2 Å². The molecule has 2 aromatic rings. The Labute approximate surface area is 296 Å². The van der Waals surface area contributed by atoms with Crippen molar-refractivity contribution in [2.45, 2.75) is 110 Å². The molecule has 14 heteroatoms. The van der Waals surface area contributed by atoms with Crippen molar-refractivity contribution in [3.05, 3.63) is 64.4 Å². The van der Waals surface area contributed by atoms with Crippen LogP contribution >= 0.6 is 11.6 Å². The monoisotopic (exact) mass is 708 g/mol. The van der Waals surface area contributed by atoms with Crippen LogP contribution in [-0.4, -0.2) is 81.5 Å². The zero-order valence-corrected chi connectivity index (χ0v) is 29.8. The number of alkyl carbamates (subject to hydrolysis) is 1. The standard InChI is InChI=1S/C36H45ClN6O7/c1-6-9-26(29(44)32(46)39-25-13-14-25)40-31(45)28-18-36(17-27(42-50-36)22-10-7-12-24(37)16-22)20-43(28)33(47)30(35(3,4)5)41-34(48)49-19-23-11-8-15-38-21(23)2/h7-8,10-12,15-16,25-26,28,30H,6,9,13-14,17-20H2,1-5H3,(H,39,46)(H,40,45)(H,41,48)/t26-,28-,30+,36+/m0/s1. The first-order valence-electron chi connectivity index (χ1n) is 17.0. The molecule has 1 saturated carbocycles. The zero-order valence-electron chi connectivity index (χ0n) is 29.1. The summed E-state index contributed by atoms with van der Waals surface area (Å²) >= 11 is 6.24. The van der Waals surface area contributed by atoms with E-state index in [-0.39, 0.29) is 38.5 Å². The second kappa shape index (κ2) is 15.2. The molecule has 50 heavy (non-hydrogen) atoms. The van der Waals surface area contributed by atoms with Crippen molar-refractivity contribution in [1.29, 1.82) is 0 Å². The largest absolute Gasteiger partial charge is 0.445 e. The summed E-state index contributed by atoms with van der Waals surface area (Å²) in [5, 5.41) is 13.0. The highest BCUT2D eigenvalue weighted by atomic mass is 35.5. The highest BCUT2D eigenvalue weighted by Gasteiger charge is 2.55. The summed E-state index contributed by atoms with van der Waals surface area (Å²) in [4.78, 5) is 79.2. The minimum atomic E-state index is -1.11. The Hall–Kier alpha value is -4.52. The van der Waals surface area contributed by atoms with E-state index in [2.05, 4.69) is 26.1 Å². The molecule has 1 aromatic carbocycles. The van der Waals surface area contributed by atoms with E-state index in [1.165, 1.54) is 4.90 Å². The van der Waals surface area contributed by atoms with Gasteiger partial charge in [-0.1, -0.05) is 69.1 Å². The molecule has 268 valence electrons. The highest BCUT2D eigenvalue weighted by molar-refractivity contribution is 6.38. The van der Waals surface area contributed by atoms with Gasteiger partial charge in [0.25, 0.3) is 5.91 Å². The number of ketones is 1. The second-order valence-corrected chi connectivity index (χ2v) is 14.9. The molecule has 4 atom stereocenters. The molecule has 1 aliphatic carbocycles. The highest BCUT2D eigenvalue weighted by Crippen LogP contribution is 2.40. The number of nitrogens with zero attached hydrogens (tertiary/aromatic N) is 3. The van der Waals surface area contributed by atoms with Crippen molar-refractivity contribution < 1.29 is 33.5 Å². The van der Waals surface area contributed by atoms with Crippen LogP contribution in [0.3, 0.4) is 0 Å². The number of ether oxygens (including phenoxy) is 1. The summed E-state index contributed by atoms with van der Waals surface area (Å²) in [5.74, 6) is -2.61. The molecule has 4 amide bonds. The molecule has 3 N–H and O–H groups in total. The quantitative estimate of drug-likeness (QED) is 0.278. The molecule has 3 heterocycles. The molecule has 2 aliphatic heterocycles. The molecule has 3 aliphatic rings. The van der Waals surface area contributed by atoms with Gasteiger partial charge in [0.15, 0.2) is 5.60 Å². The Bertz CT molecular complexity index is 1670. The van der Waals surface area contributed by atoms with Crippen LogP contribution in [0.15, 0.2) is 47.8 Å².